The molecule has 27 heavy (non-hydrogen) atoms. The van der Waals surface area contributed by atoms with Gasteiger partial charge >= 0.3 is 6.03 Å². The Morgan fingerprint density at radius 1 is 1.19 bits per heavy atom. The third-order valence-electron chi connectivity index (χ3n) is 5.11. The summed E-state index contributed by atoms with van der Waals surface area (Å²) in [6.07, 6.45) is 6.07. The monoisotopic (exact) mass is 371 g/mol. The average Bonchev–Trinajstić information content (AvgIpc) is 3.21. The van der Waals surface area contributed by atoms with E-state index in [1.54, 1.807) is 12.7 Å². The Morgan fingerprint density at radius 2 is 2.00 bits per heavy atom. The molecule has 1 aromatic carbocycles. The molecule has 2 amide bonds. The van der Waals surface area contributed by atoms with Crippen LogP contribution in [-0.2, 0) is 13.0 Å². The number of hydrogen-bond acceptors (Lipinski definition) is 5. The van der Waals surface area contributed by atoms with Gasteiger partial charge in [0.25, 0.3) is 0 Å². The lowest BCUT2D eigenvalue weighted by Gasteiger charge is -2.31. The first-order chi connectivity index (χ1) is 13.3. The lowest BCUT2D eigenvalue weighted by atomic mass is 9.97. The first kappa shape index (κ1) is 17.6. The minimum absolute atomic E-state index is 0.0201. The SMILES string of the molecule is O=C(NCCc1ccc2c(c1)OCCO2)N1CCC(Cn2cncn2)CC1. The highest BCUT2D eigenvalue weighted by atomic mass is 16.6. The number of urea groups is 1. The minimum atomic E-state index is 0.0201. The van der Waals surface area contributed by atoms with Gasteiger partial charge in [0, 0.05) is 26.2 Å². The van der Waals surface area contributed by atoms with Crippen molar-refractivity contribution >= 4 is 6.03 Å². The molecule has 2 aliphatic heterocycles. The van der Waals surface area contributed by atoms with Crippen LogP contribution in [0, 0.1) is 5.92 Å². The highest BCUT2D eigenvalue weighted by Gasteiger charge is 2.23. The number of amides is 2. The van der Waals surface area contributed by atoms with Gasteiger partial charge in [0.05, 0.1) is 0 Å². The van der Waals surface area contributed by atoms with Gasteiger partial charge < -0.3 is 19.7 Å². The molecule has 2 aromatic rings. The van der Waals surface area contributed by atoms with Gasteiger partial charge in [-0.1, -0.05) is 6.07 Å². The second-order valence-corrected chi connectivity index (χ2v) is 7.01. The van der Waals surface area contributed by atoms with Crippen LogP contribution < -0.4 is 14.8 Å². The van der Waals surface area contributed by atoms with Crippen LogP contribution in [0.1, 0.15) is 18.4 Å². The highest BCUT2D eigenvalue weighted by Crippen LogP contribution is 2.30. The Hall–Kier alpha value is -2.77. The number of hydrogen-bond donors (Lipinski definition) is 1. The number of rotatable bonds is 5. The number of fused-ring (bicyclic) bond motifs is 1. The van der Waals surface area contributed by atoms with Gasteiger partial charge in [0.15, 0.2) is 11.5 Å². The van der Waals surface area contributed by atoms with E-state index in [-0.39, 0.29) is 6.03 Å². The Labute approximate surface area is 158 Å². The molecule has 4 rings (SSSR count). The summed E-state index contributed by atoms with van der Waals surface area (Å²) >= 11 is 0. The topological polar surface area (TPSA) is 81.5 Å². The van der Waals surface area contributed by atoms with Crippen molar-refractivity contribution in [1.82, 2.24) is 25.0 Å². The van der Waals surface area contributed by atoms with Crippen molar-refractivity contribution in [2.45, 2.75) is 25.8 Å². The molecule has 0 atom stereocenters. The number of aromatic nitrogens is 3. The van der Waals surface area contributed by atoms with Crippen LogP contribution in [-0.4, -0.2) is 58.5 Å². The normalized spacial score (nSPS) is 17.0. The largest absolute Gasteiger partial charge is 0.486 e. The van der Waals surface area contributed by atoms with Crippen molar-refractivity contribution in [1.29, 1.82) is 0 Å². The lowest BCUT2D eigenvalue weighted by molar-refractivity contribution is 0.164. The van der Waals surface area contributed by atoms with E-state index in [4.69, 9.17) is 9.47 Å². The number of piperidine rings is 1. The van der Waals surface area contributed by atoms with Crippen LogP contribution in [0.5, 0.6) is 11.5 Å². The fourth-order valence-electron chi connectivity index (χ4n) is 3.58. The smallest absolute Gasteiger partial charge is 0.317 e. The molecule has 0 aliphatic carbocycles. The van der Waals surface area contributed by atoms with Crippen molar-refractivity contribution in [3.05, 3.63) is 36.4 Å². The lowest BCUT2D eigenvalue weighted by Crippen LogP contribution is -2.45. The summed E-state index contributed by atoms with van der Waals surface area (Å²) < 4.78 is 13.0. The first-order valence-electron chi connectivity index (χ1n) is 9.51. The van der Waals surface area contributed by atoms with Crippen LogP contribution >= 0.6 is 0 Å². The van der Waals surface area contributed by atoms with E-state index in [9.17, 15) is 4.79 Å². The second-order valence-electron chi connectivity index (χ2n) is 7.01. The van der Waals surface area contributed by atoms with E-state index < -0.39 is 0 Å². The van der Waals surface area contributed by atoms with Crippen molar-refractivity contribution in [3.8, 4) is 11.5 Å². The zero-order valence-corrected chi connectivity index (χ0v) is 15.3. The van der Waals surface area contributed by atoms with E-state index in [0.29, 0.717) is 25.7 Å². The maximum Gasteiger partial charge on any atom is 0.317 e. The maximum atomic E-state index is 12.4. The molecule has 0 radical (unpaired) electrons. The molecule has 0 unspecified atom stereocenters. The van der Waals surface area contributed by atoms with Crippen LogP contribution in [0.15, 0.2) is 30.9 Å². The zero-order valence-electron chi connectivity index (χ0n) is 15.3. The van der Waals surface area contributed by atoms with Crippen molar-refractivity contribution in [2.24, 2.45) is 5.92 Å². The van der Waals surface area contributed by atoms with Gasteiger partial charge in [-0.25, -0.2) is 9.78 Å². The molecule has 8 heteroatoms. The van der Waals surface area contributed by atoms with Gasteiger partial charge in [0.1, 0.15) is 25.9 Å². The number of benzene rings is 1. The fourth-order valence-corrected chi connectivity index (χ4v) is 3.58. The molecular formula is C19H25N5O3. The molecule has 0 bridgehead atoms. The van der Waals surface area contributed by atoms with Crippen LogP contribution in [0.25, 0.3) is 0 Å². The van der Waals surface area contributed by atoms with Crippen LogP contribution in [0.2, 0.25) is 0 Å². The zero-order chi connectivity index (χ0) is 18.5. The molecule has 1 saturated heterocycles. The van der Waals surface area contributed by atoms with Gasteiger partial charge in [0.2, 0.25) is 0 Å². The first-order valence-corrected chi connectivity index (χ1v) is 9.51. The summed E-state index contributed by atoms with van der Waals surface area (Å²) in [5.41, 5.74) is 1.13. The van der Waals surface area contributed by atoms with Crippen molar-refractivity contribution in [3.63, 3.8) is 0 Å². The van der Waals surface area contributed by atoms with E-state index in [2.05, 4.69) is 15.4 Å². The second kappa shape index (κ2) is 8.28. The van der Waals surface area contributed by atoms with E-state index in [1.165, 1.54) is 0 Å². The van der Waals surface area contributed by atoms with Crippen molar-refractivity contribution in [2.75, 3.05) is 32.8 Å². The predicted molar refractivity (Wildman–Crippen MR) is 98.9 cm³/mol. The van der Waals surface area contributed by atoms with Gasteiger partial charge in [-0.2, -0.15) is 5.10 Å². The number of carbonyl (C=O) groups excluding carboxylic acids is 1. The summed E-state index contributed by atoms with van der Waals surface area (Å²) in [5, 5.41) is 7.19. The van der Waals surface area contributed by atoms with Crippen LogP contribution in [0.4, 0.5) is 4.79 Å². The molecule has 0 saturated carbocycles. The van der Waals surface area contributed by atoms with Gasteiger partial charge in [-0.05, 0) is 42.9 Å². The molecule has 0 spiro atoms. The number of likely N-dealkylation sites (tertiary alicyclic amines) is 1. The number of nitrogens with one attached hydrogen (secondary N) is 1. The summed E-state index contributed by atoms with van der Waals surface area (Å²) in [7, 11) is 0. The van der Waals surface area contributed by atoms with Gasteiger partial charge in [-0.15, -0.1) is 0 Å². The molecule has 1 N–H and O–H groups in total. The molecule has 144 valence electrons. The summed E-state index contributed by atoms with van der Waals surface area (Å²) in [5.74, 6) is 2.13. The van der Waals surface area contributed by atoms with Crippen molar-refractivity contribution < 1.29 is 14.3 Å². The van der Waals surface area contributed by atoms with Gasteiger partial charge in [-0.3, -0.25) is 4.68 Å². The summed E-state index contributed by atoms with van der Waals surface area (Å²) in [6, 6.07) is 5.98. The van der Waals surface area contributed by atoms with E-state index >= 15 is 0 Å². The van der Waals surface area contributed by atoms with E-state index in [1.807, 2.05) is 27.8 Å². The summed E-state index contributed by atoms with van der Waals surface area (Å²) in [6.45, 7) is 4.24. The third kappa shape index (κ3) is 4.50. The molecule has 8 nitrogen and oxygen atoms in total. The Bertz CT molecular complexity index is 757. The fraction of sp³-hybridized carbons (Fsp3) is 0.526. The predicted octanol–water partition coefficient (Wildman–Crippen LogP) is 1.71. The molecule has 2 aliphatic rings. The van der Waals surface area contributed by atoms with Crippen LogP contribution in [0.3, 0.4) is 0 Å². The Morgan fingerprint density at radius 3 is 2.78 bits per heavy atom. The quantitative estimate of drug-likeness (QED) is 0.865. The summed E-state index contributed by atoms with van der Waals surface area (Å²) in [4.78, 5) is 18.3. The molecule has 1 fully saturated rings. The highest BCUT2D eigenvalue weighted by molar-refractivity contribution is 5.74. The Balaban J connectivity index is 1.19. The maximum absolute atomic E-state index is 12.4. The standard InChI is InChI=1S/C19H25N5O3/c25-19(23-7-4-16(5-8-23)12-24-14-20-13-22-24)21-6-3-15-1-2-17-18(11-15)27-10-9-26-17/h1-2,11,13-14,16H,3-10,12H2,(H,21,25). The van der Waals surface area contributed by atoms with E-state index in [0.717, 1.165) is 56.0 Å². The molecule has 3 heterocycles. The third-order valence-corrected chi connectivity index (χ3v) is 5.11. The average molecular weight is 371 g/mol. The number of ether oxygens (including phenoxy) is 2. The molecule has 1 aromatic heterocycles. The number of nitrogens with zero attached hydrogens (tertiary/aromatic N) is 4. The minimum Gasteiger partial charge on any atom is -0.486 e. The number of carbonyl (C=O) groups is 1. The molecular weight excluding hydrogens is 346 g/mol. The Kier molecular flexibility index (Phi) is 5.41.